The molecular weight excluding hydrogens is 272 g/mol. The van der Waals surface area contributed by atoms with Crippen molar-refractivity contribution in [2.45, 2.75) is 25.7 Å². The molecule has 2 aliphatic rings. The van der Waals surface area contributed by atoms with E-state index in [4.69, 9.17) is 0 Å². The Labute approximate surface area is 132 Å². The van der Waals surface area contributed by atoms with E-state index in [9.17, 15) is 4.79 Å². The van der Waals surface area contributed by atoms with Crippen LogP contribution in [0.5, 0.6) is 0 Å². The van der Waals surface area contributed by atoms with Crippen molar-refractivity contribution in [2.75, 3.05) is 13.1 Å². The number of rotatable bonds is 4. The first-order chi connectivity index (χ1) is 10.8. The summed E-state index contributed by atoms with van der Waals surface area (Å²) in [5, 5.41) is 0. The van der Waals surface area contributed by atoms with Gasteiger partial charge in [0.05, 0.1) is 0 Å². The summed E-state index contributed by atoms with van der Waals surface area (Å²) in [6.45, 7) is 1.61. The van der Waals surface area contributed by atoms with Gasteiger partial charge in [0.15, 0.2) is 0 Å². The van der Waals surface area contributed by atoms with Crippen molar-refractivity contribution >= 4 is 5.91 Å². The molecule has 1 aromatic heterocycles. The normalized spacial score (nSPS) is 21.6. The average Bonchev–Trinajstić information content (AvgIpc) is 2.81. The molecule has 1 aromatic rings. The molecular formula is C19H22N2O. The van der Waals surface area contributed by atoms with Gasteiger partial charge in [-0.15, -0.1) is 0 Å². The number of hydrogen-bond donors (Lipinski definition) is 0. The Balaban J connectivity index is 1.64. The van der Waals surface area contributed by atoms with Crippen LogP contribution in [0.4, 0.5) is 0 Å². The first-order valence-corrected chi connectivity index (χ1v) is 8.03. The van der Waals surface area contributed by atoms with Gasteiger partial charge < -0.3 is 4.90 Å². The van der Waals surface area contributed by atoms with Crippen LogP contribution in [0.25, 0.3) is 0 Å². The molecule has 22 heavy (non-hydrogen) atoms. The van der Waals surface area contributed by atoms with Crippen molar-refractivity contribution in [3.63, 3.8) is 0 Å². The Kier molecular flexibility index (Phi) is 4.84. The molecule has 1 unspecified atom stereocenters. The summed E-state index contributed by atoms with van der Waals surface area (Å²) in [4.78, 5) is 18.9. The van der Waals surface area contributed by atoms with Gasteiger partial charge in [-0.25, -0.2) is 0 Å². The van der Waals surface area contributed by atoms with Crippen molar-refractivity contribution in [2.24, 2.45) is 5.92 Å². The van der Waals surface area contributed by atoms with Crippen molar-refractivity contribution in [1.29, 1.82) is 0 Å². The molecule has 1 atom stereocenters. The number of carbonyl (C=O) groups is 1. The average molecular weight is 294 g/mol. The second-order valence-electron chi connectivity index (χ2n) is 5.97. The summed E-state index contributed by atoms with van der Waals surface area (Å²) in [6, 6.07) is 4.00. The third kappa shape index (κ3) is 3.73. The smallest absolute Gasteiger partial charge is 0.226 e. The fourth-order valence-electron chi connectivity index (χ4n) is 3.13. The molecule has 1 fully saturated rings. The van der Waals surface area contributed by atoms with Crippen LogP contribution in [0.1, 0.15) is 24.8 Å². The lowest BCUT2D eigenvalue weighted by molar-refractivity contribution is -0.137. The van der Waals surface area contributed by atoms with Crippen LogP contribution in [0.3, 0.4) is 0 Å². The second-order valence-corrected chi connectivity index (χ2v) is 5.97. The predicted octanol–water partition coefficient (Wildman–Crippen LogP) is 3.31. The summed E-state index contributed by atoms with van der Waals surface area (Å²) in [6.07, 6.45) is 18.0. The molecule has 0 saturated carbocycles. The van der Waals surface area contributed by atoms with E-state index in [1.165, 1.54) is 5.57 Å². The minimum atomic E-state index is 0.103. The summed E-state index contributed by atoms with van der Waals surface area (Å²) in [7, 11) is 0. The van der Waals surface area contributed by atoms with Gasteiger partial charge in [-0.2, -0.15) is 0 Å². The van der Waals surface area contributed by atoms with Crippen LogP contribution in [0, 0.1) is 5.92 Å². The van der Waals surface area contributed by atoms with Gasteiger partial charge in [-0.1, -0.05) is 36.4 Å². The number of pyridine rings is 1. The highest BCUT2D eigenvalue weighted by molar-refractivity contribution is 5.80. The second kappa shape index (κ2) is 7.21. The minimum absolute atomic E-state index is 0.103. The lowest BCUT2D eigenvalue weighted by Gasteiger charge is -2.32. The molecule has 0 radical (unpaired) electrons. The maximum Gasteiger partial charge on any atom is 0.226 e. The van der Waals surface area contributed by atoms with Crippen molar-refractivity contribution in [3.8, 4) is 0 Å². The molecule has 2 heterocycles. The number of amides is 1. The van der Waals surface area contributed by atoms with E-state index in [0.29, 0.717) is 5.91 Å². The zero-order valence-corrected chi connectivity index (χ0v) is 12.8. The van der Waals surface area contributed by atoms with Gasteiger partial charge in [0, 0.05) is 31.4 Å². The van der Waals surface area contributed by atoms with Crippen molar-refractivity contribution < 1.29 is 4.79 Å². The van der Waals surface area contributed by atoms with E-state index in [2.05, 4.69) is 41.4 Å². The fourth-order valence-corrected chi connectivity index (χ4v) is 3.13. The number of carbonyl (C=O) groups excluding carboxylic acids is 1. The van der Waals surface area contributed by atoms with E-state index in [1.54, 1.807) is 6.20 Å². The number of aromatic nitrogens is 1. The summed E-state index contributed by atoms with van der Waals surface area (Å²) >= 11 is 0. The van der Waals surface area contributed by atoms with E-state index in [-0.39, 0.29) is 5.92 Å². The molecule has 114 valence electrons. The maximum atomic E-state index is 12.7. The van der Waals surface area contributed by atoms with Gasteiger partial charge in [0.1, 0.15) is 0 Å². The highest BCUT2D eigenvalue weighted by atomic mass is 16.2. The molecule has 3 nitrogen and oxygen atoms in total. The van der Waals surface area contributed by atoms with Crippen molar-refractivity contribution in [1.82, 2.24) is 9.88 Å². The van der Waals surface area contributed by atoms with Crippen LogP contribution in [0.15, 0.2) is 60.5 Å². The molecule has 1 amide bonds. The number of piperidine rings is 1. The predicted molar refractivity (Wildman–Crippen MR) is 88.2 cm³/mol. The molecule has 3 rings (SSSR count). The Hall–Kier alpha value is -2.16. The Bertz CT molecular complexity index is 601. The maximum absolute atomic E-state index is 12.7. The number of likely N-dealkylation sites (tertiary alicyclic amines) is 1. The SMILES string of the molecule is O=C1C(Cc2cccnc2)CCCN1CC1=CCC=CC=C1. The summed E-state index contributed by atoms with van der Waals surface area (Å²) < 4.78 is 0. The van der Waals surface area contributed by atoms with E-state index >= 15 is 0 Å². The monoisotopic (exact) mass is 294 g/mol. The largest absolute Gasteiger partial charge is 0.338 e. The first kappa shape index (κ1) is 14.8. The zero-order chi connectivity index (χ0) is 15.2. The highest BCUT2D eigenvalue weighted by Crippen LogP contribution is 2.23. The Morgan fingerprint density at radius 3 is 3.14 bits per heavy atom. The van der Waals surface area contributed by atoms with Gasteiger partial charge in [-0.3, -0.25) is 9.78 Å². The third-order valence-electron chi connectivity index (χ3n) is 4.29. The van der Waals surface area contributed by atoms with Gasteiger partial charge in [0.2, 0.25) is 5.91 Å². The van der Waals surface area contributed by atoms with Crippen LogP contribution in [0.2, 0.25) is 0 Å². The van der Waals surface area contributed by atoms with Gasteiger partial charge in [-0.05, 0) is 42.9 Å². The first-order valence-electron chi connectivity index (χ1n) is 8.03. The fraction of sp³-hybridized carbons (Fsp3) is 0.368. The van der Waals surface area contributed by atoms with E-state index < -0.39 is 0 Å². The third-order valence-corrected chi connectivity index (χ3v) is 4.29. The Morgan fingerprint density at radius 2 is 2.27 bits per heavy atom. The molecule has 0 bridgehead atoms. The highest BCUT2D eigenvalue weighted by Gasteiger charge is 2.28. The quantitative estimate of drug-likeness (QED) is 0.853. The number of allylic oxidation sites excluding steroid dienone is 4. The number of hydrogen-bond acceptors (Lipinski definition) is 2. The van der Waals surface area contributed by atoms with Gasteiger partial charge >= 0.3 is 0 Å². The van der Waals surface area contributed by atoms with Crippen LogP contribution < -0.4 is 0 Å². The lowest BCUT2D eigenvalue weighted by Crippen LogP contribution is -2.42. The van der Waals surface area contributed by atoms with E-state index in [0.717, 1.165) is 44.3 Å². The van der Waals surface area contributed by atoms with Crippen LogP contribution in [-0.4, -0.2) is 28.9 Å². The minimum Gasteiger partial charge on any atom is -0.338 e. The summed E-state index contributed by atoms with van der Waals surface area (Å²) in [5.41, 5.74) is 2.39. The molecule has 3 heteroatoms. The number of nitrogens with zero attached hydrogens (tertiary/aromatic N) is 2. The molecule has 1 aliphatic heterocycles. The molecule has 1 saturated heterocycles. The Morgan fingerprint density at radius 1 is 1.32 bits per heavy atom. The molecule has 1 aliphatic carbocycles. The lowest BCUT2D eigenvalue weighted by atomic mass is 9.90. The van der Waals surface area contributed by atoms with Crippen molar-refractivity contribution in [3.05, 3.63) is 66.0 Å². The summed E-state index contributed by atoms with van der Waals surface area (Å²) in [5.74, 6) is 0.396. The standard InChI is InChI=1S/C19H22N2O/c22-19-18(13-17-9-5-11-20-14-17)10-6-12-21(19)15-16-7-3-1-2-4-8-16/h1-3,5,7-9,11,14,18H,4,6,10,12-13,15H2. The molecule has 0 aromatic carbocycles. The van der Waals surface area contributed by atoms with E-state index in [1.807, 2.05) is 17.2 Å². The topological polar surface area (TPSA) is 33.2 Å². The van der Waals surface area contributed by atoms with Gasteiger partial charge in [0.25, 0.3) is 0 Å². The van der Waals surface area contributed by atoms with Crippen LogP contribution >= 0.6 is 0 Å². The zero-order valence-electron chi connectivity index (χ0n) is 12.8. The molecule has 0 spiro atoms. The van der Waals surface area contributed by atoms with Crippen LogP contribution in [-0.2, 0) is 11.2 Å². The molecule has 0 N–H and O–H groups in total.